The summed E-state index contributed by atoms with van der Waals surface area (Å²) in [6.07, 6.45) is 0. The predicted molar refractivity (Wildman–Crippen MR) is 87.4 cm³/mol. The highest BCUT2D eigenvalue weighted by Gasteiger charge is 2.14. The second-order valence-electron chi connectivity index (χ2n) is 5.44. The van der Waals surface area contributed by atoms with E-state index in [1.165, 1.54) is 10.3 Å². The Hall–Kier alpha value is -2.11. The Morgan fingerprint density at radius 2 is 1.95 bits per heavy atom. The van der Waals surface area contributed by atoms with Gasteiger partial charge in [-0.25, -0.2) is 4.98 Å². The molecule has 4 rings (SSSR count). The number of ether oxygens (including phenoxy) is 2. The molecule has 3 aromatic rings. The van der Waals surface area contributed by atoms with Crippen molar-refractivity contribution in [2.75, 3.05) is 13.8 Å². The summed E-state index contributed by atoms with van der Waals surface area (Å²) in [4.78, 5) is 6.94. The number of hydrogen-bond acceptors (Lipinski definition) is 5. The standard InChI is InChI=1S/C17H16N2O2S/c1-19(9-12-6-7-14-15(8-12)21-11-20-14)10-17-18-13-4-2-3-5-16(13)22-17/h2-8H,9-11H2,1H3. The monoisotopic (exact) mass is 312 g/mol. The lowest BCUT2D eigenvalue weighted by molar-refractivity contribution is 0.174. The van der Waals surface area contributed by atoms with Crippen molar-refractivity contribution >= 4 is 21.6 Å². The van der Waals surface area contributed by atoms with Gasteiger partial charge < -0.3 is 9.47 Å². The first-order valence-electron chi connectivity index (χ1n) is 7.19. The molecule has 1 aromatic heterocycles. The summed E-state index contributed by atoms with van der Waals surface area (Å²) in [7, 11) is 2.11. The largest absolute Gasteiger partial charge is 0.454 e. The number of nitrogens with zero attached hydrogens (tertiary/aromatic N) is 2. The maximum absolute atomic E-state index is 5.43. The van der Waals surface area contributed by atoms with E-state index in [9.17, 15) is 0 Å². The Bertz CT molecular complexity index is 782. The molecule has 0 saturated heterocycles. The predicted octanol–water partition coefficient (Wildman–Crippen LogP) is 3.66. The molecule has 1 aliphatic rings. The van der Waals surface area contributed by atoms with E-state index in [1.807, 2.05) is 12.1 Å². The zero-order valence-electron chi connectivity index (χ0n) is 12.3. The van der Waals surface area contributed by atoms with Gasteiger partial charge in [0, 0.05) is 6.54 Å². The average Bonchev–Trinajstić information content (AvgIpc) is 3.11. The van der Waals surface area contributed by atoms with Crippen LogP contribution in [0.1, 0.15) is 10.6 Å². The molecule has 1 aliphatic heterocycles. The molecule has 0 fully saturated rings. The van der Waals surface area contributed by atoms with Crippen molar-refractivity contribution in [3.63, 3.8) is 0 Å². The van der Waals surface area contributed by atoms with Crippen LogP contribution < -0.4 is 9.47 Å². The SMILES string of the molecule is CN(Cc1ccc2c(c1)OCO2)Cc1nc2ccccc2s1. The van der Waals surface area contributed by atoms with E-state index < -0.39 is 0 Å². The molecule has 0 amide bonds. The molecule has 0 radical (unpaired) electrons. The fourth-order valence-corrected chi connectivity index (χ4v) is 3.67. The van der Waals surface area contributed by atoms with Gasteiger partial charge in [0.25, 0.3) is 0 Å². The molecule has 0 aliphatic carbocycles. The number of hydrogen-bond donors (Lipinski definition) is 0. The summed E-state index contributed by atoms with van der Waals surface area (Å²) in [6, 6.07) is 14.4. The number of aromatic nitrogens is 1. The highest BCUT2D eigenvalue weighted by Crippen LogP contribution is 2.33. The van der Waals surface area contributed by atoms with Crippen LogP contribution in [-0.2, 0) is 13.1 Å². The van der Waals surface area contributed by atoms with Crippen molar-refractivity contribution in [3.05, 3.63) is 53.0 Å². The van der Waals surface area contributed by atoms with Crippen molar-refractivity contribution in [2.24, 2.45) is 0 Å². The summed E-state index contributed by atoms with van der Waals surface area (Å²) in [6.45, 7) is 2.01. The summed E-state index contributed by atoms with van der Waals surface area (Å²) >= 11 is 1.76. The molecule has 4 nitrogen and oxygen atoms in total. The maximum atomic E-state index is 5.43. The minimum absolute atomic E-state index is 0.320. The lowest BCUT2D eigenvalue weighted by atomic mass is 10.2. The smallest absolute Gasteiger partial charge is 0.231 e. The number of benzene rings is 2. The van der Waals surface area contributed by atoms with Crippen molar-refractivity contribution in [3.8, 4) is 11.5 Å². The zero-order valence-corrected chi connectivity index (χ0v) is 13.1. The van der Waals surface area contributed by atoms with Crippen molar-refractivity contribution in [2.45, 2.75) is 13.1 Å². The minimum atomic E-state index is 0.320. The molecule has 5 heteroatoms. The van der Waals surface area contributed by atoms with Crippen LogP contribution in [0.5, 0.6) is 11.5 Å². The van der Waals surface area contributed by atoms with Crippen LogP contribution in [0.25, 0.3) is 10.2 Å². The molecule has 2 heterocycles. The second-order valence-corrected chi connectivity index (χ2v) is 6.55. The fourth-order valence-electron chi connectivity index (χ4n) is 2.63. The fraction of sp³-hybridized carbons (Fsp3) is 0.235. The van der Waals surface area contributed by atoms with E-state index >= 15 is 0 Å². The number of rotatable bonds is 4. The molecule has 0 N–H and O–H groups in total. The second kappa shape index (κ2) is 5.59. The average molecular weight is 312 g/mol. The molecule has 2 aromatic carbocycles. The lowest BCUT2D eigenvalue weighted by Gasteiger charge is -2.15. The normalized spacial score (nSPS) is 13.2. The first kappa shape index (κ1) is 13.5. The van der Waals surface area contributed by atoms with Crippen LogP contribution in [0, 0.1) is 0 Å². The van der Waals surface area contributed by atoms with Crippen LogP contribution in [0.15, 0.2) is 42.5 Å². The highest BCUT2D eigenvalue weighted by atomic mass is 32.1. The van der Waals surface area contributed by atoms with E-state index in [0.29, 0.717) is 6.79 Å². The summed E-state index contributed by atoms with van der Waals surface area (Å²) in [5, 5.41) is 1.14. The quantitative estimate of drug-likeness (QED) is 0.736. The third-order valence-electron chi connectivity index (χ3n) is 3.63. The molecular weight excluding hydrogens is 296 g/mol. The minimum Gasteiger partial charge on any atom is -0.454 e. The van der Waals surface area contributed by atoms with Crippen LogP contribution >= 0.6 is 11.3 Å². The Labute approximate surface area is 132 Å². The number of fused-ring (bicyclic) bond motifs is 2. The molecule has 112 valence electrons. The molecule has 0 unspecified atom stereocenters. The van der Waals surface area contributed by atoms with Gasteiger partial charge in [0.15, 0.2) is 11.5 Å². The number of thiazole rings is 1. The third kappa shape index (κ3) is 2.65. The van der Waals surface area contributed by atoms with Gasteiger partial charge in [-0.3, -0.25) is 4.90 Å². The van der Waals surface area contributed by atoms with Gasteiger partial charge in [-0.1, -0.05) is 18.2 Å². The van der Waals surface area contributed by atoms with E-state index in [-0.39, 0.29) is 0 Å². The van der Waals surface area contributed by atoms with Crippen LogP contribution in [0.4, 0.5) is 0 Å². The van der Waals surface area contributed by atoms with Gasteiger partial charge in [0.2, 0.25) is 6.79 Å². The Kier molecular flexibility index (Phi) is 3.44. The Morgan fingerprint density at radius 1 is 1.09 bits per heavy atom. The van der Waals surface area contributed by atoms with Gasteiger partial charge >= 0.3 is 0 Å². The first-order chi connectivity index (χ1) is 10.8. The van der Waals surface area contributed by atoms with E-state index in [4.69, 9.17) is 9.47 Å². The van der Waals surface area contributed by atoms with Gasteiger partial charge in [0.05, 0.1) is 16.8 Å². The highest BCUT2D eigenvalue weighted by molar-refractivity contribution is 7.18. The summed E-state index contributed by atoms with van der Waals surface area (Å²) in [5.74, 6) is 1.67. The third-order valence-corrected chi connectivity index (χ3v) is 4.65. The molecular formula is C17H16N2O2S. The molecule has 0 bridgehead atoms. The number of para-hydroxylation sites is 1. The molecule has 0 spiro atoms. The van der Waals surface area contributed by atoms with Crippen LogP contribution in [0.2, 0.25) is 0 Å². The maximum Gasteiger partial charge on any atom is 0.231 e. The topological polar surface area (TPSA) is 34.6 Å². The van der Waals surface area contributed by atoms with E-state index in [1.54, 1.807) is 11.3 Å². The lowest BCUT2D eigenvalue weighted by Crippen LogP contribution is -2.17. The van der Waals surface area contributed by atoms with Crippen molar-refractivity contribution in [1.29, 1.82) is 0 Å². The van der Waals surface area contributed by atoms with Gasteiger partial charge in [0.1, 0.15) is 5.01 Å². The van der Waals surface area contributed by atoms with Crippen molar-refractivity contribution < 1.29 is 9.47 Å². The van der Waals surface area contributed by atoms with Gasteiger partial charge in [-0.2, -0.15) is 0 Å². The van der Waals surface area contributed by atoms with Crippen LogP contribution in [-0.4, -0.2) is 23.7 Å². The van der Waals surface area contributed by atoms with Crippen LogP contribution in [0.3, 0.4) is 0 Å². The summed E-state index contributed by atoms with van der Waals surface area (Å²) < 4.78 is 12.0. The molecule has 0 saturated carbocycles. The Morgan fingerprint density at radius 3 is 2.86 bits per heavy atom. The molecule has 0 atom stereocenters. The van der Waals surface area contributed by atoms with Gasteiger partial charge in [-0.15, -0.1) is 11.3 Å². The zero-order chi connectivity index (χ0) is 14.9. The summed E-state index contributed by atoms with van der Waals surface area (Å²) in [5.41, 5.74) is 2.30. The first-order valence-corrected chi connectivity index (χ1v) is 8.01. The van der Waals surface area contributed by atoms with E-state index in [2.05, 4.69) is 47.3 Å². The van der Waals surface area contributed by atoms with Crippen molar-refractivity contribution in [1.82, 2.24) is 9.88 Å². The Balaban J connectivity index is 1.46. The van der Waals surface area contributed by atoms with Gasteiger partial charge in [-0.05, 0) is 36.9 Å². The van der Waals surface area contributed by atoms with E-state index in [0.717, 1.165) is 35.1 Å². The molecule has 22 heavy (non-hydrogen) atoms.